The molecule has 0 bridgehead atoms. The Hall–Kier alpha value is -2.85. The zero-order valence-corrected chi connectivity index (χ0v) is 15.5. The van der Waals surface area contributed by atoms with E-state index in [4.69, 9.17) is 22.3 Å². The third-order valence-electron chi connectivity index (χ3n) is 4.58. The summed E-state index contributed by atoms with van der Waals surface area (Å²) in [6.45, 7) is 0. The van der Waals surface area contributed by atoms with Crippen LogP contribution in [0.5, 0.6) is 0 Å². The fourth-order valence-electron chi connectivity index (χ4n) is 3.08. The molecule has 2 aromatic carbocycles. The van der Waals surface area contributed by atoms with Gasteiger partial charge in [-0.15, -0.1) is 0 Å². The number of carbonyl (C=O) groups excluding carboxylic acids is 1. The molecule has 3 N–H and O–H groups in total. The molecule has 0 spiro atoms. The Balaban J connectivity index is 1.63. The smallest absolute Gasteiger partial charge is 0.221 e. The highest BCUT2D eigenvalue weighted by atomic mass is 35.5. The largest absolute Gasteiger partial charge is 0.369 e. The predicted molar refractivity (Wildman–Crippen MR) is 109 cm³/mol. The molecule has 1 aliphatic rings. The van der Waals surface area contributed by atoms with Crippen LogP contribution in [0.15, 0.2) is 60.7 Å². The molecule has 27 heavy (non-hydrogen) atoms. The van der Waals surface area contributed by atoms with E-state index in [1.165, 1.54) is 12.8 Å². The van der Waals surface area contributed by atoms with Crippen molar-refractivity contribution in [2.75, 3.05) is 5.32 Å². The maximum Gasteiger partial charge on any atom is 0.221 e. The lowest BCUT2D eigenvalue weighted by atomic mass is 10.1. The molecular formula is C22H20ClN3O. The highest BCUT2D eigenvalue weighted by Crippen LogP contribution is 2.41. The second-order valence-electron chi connectivity index (χ2n) is 6.92. The number of amides is 1. The van der Waals surface area contributed by atoms with Crippen LogP contribution in [-0.2, 0) is 11.2 Å². The van der Waals surface area contributed by atoms with Gasteiger partial charge in [0.25, 0.3) is 0 Å². The summed E-state index contributed by atoms with van der Waals surface area (Å²) in [7, 11) is 0. The van der Waals surface area contributed by atoms with Crippen LogP contribution in [0.2, 0.25) is 5.02 Å². The van der Waals surface area contributed by atoms with Crippen LogP contribution in [0.25, 0.3) is 11.3 Å². The minimum Gasteiger partial charge on any atom is -0.369 e. The molecule has 5 heteroatoms. The van der Waals surface area contributed by atoms with Crippen LogP contribution in [-0.4, -0.2) is 10.9 Å². The lowest BCUT2D eigenvalue weighted by molar-refractivity contribution is -0.117. The van der Waals surface area contributed by atoms with Gasteiger partial charge < -0.3 is 11.1 Å². The van der Waals surface area contributed by atoms with E-state index in [9.17, 15) is 4.79 Å². The van der Waals surface area contributed by atoms with Crippen LogP contribution in [0, 0.1) is 0 Å². The van der Waals surface area contributed by atoms with E-state index < -0.39 is 0 Å². The number of benzene rings is 2. The van der Waals surface area contributed by atoms with Crippen molar-refractivity contribution in [1.82, 2.24) is 4.98 Å². The van der Waals surface area contributed by atoms with Crippen LogP contribution in [0.1, 0.15) is 30.0 Å². The van der Waals surface area contributed by atoms with Gasteiger partial charge in [0.15, 0.2) is 0 Å². The number of carbonyl (C=O) groups is 1. The van der Waals surface area contributed by atoms with Crippen LogP contribution < -0.4 is 11.1 Å². The zero-order chi connectivity index (χ0) is 18.8. The van der Waals surface area contributed by atoms with Crippen molar-refractivity contribution in [1.29, 1.82) is 0 Å². The summed E-state index contributed by atoms with van der Waals surface area (Å²) in [6, 6.07) is 19.6. The third-order valence-corrected chi connectivity index (χ3v) is 4.82. The molecule has 1 fully saturated rings. The van der Waals surface area contributed by atoms with E-state index >= 15 is 0 Å². The first-order valence-corrected chi connectivity index (χ1v) is 9.37. The first-order valence-electron chi connectivity index (χ1n) is 8.99. The molecule has 136 valence electrons. The van der Waals surface area contributed by atoms with Crippen molar-refractivity contribution in [3.8, 4) is 11.3 Å². The number of nitrogens with one attached hydrogen (secondary N) is 1. The summed E-state index contributed by atoms with van der Waals surface area (Å²) in [5, 5.41) is 4.14. The molecule has 3 aromatic rings. The minimum absolute atomic E-state index is 0.250. The normalized spacial score (nSPS) is 13.4. The molecule has 0 aliphatic heterocycles. The molecule has 1 aliphatic carbocycles. The SMILES string of the molecule is NC(=O)Cc1ccc(Nc2cc(-c3cccc(Cl)c3)nc(C3CC3)c2)cc1. The number of aromatic nitrogens is 1. The molecule has 4 nitrogen and oxygen atoms in total. The second-order valence-corrected chi connectivity index (χ2v) is 7.35. The van der Waals surface area contributed by atoms with Gasteiger partial charge in [-0.1, -0.05) is 35.9 Å². The number of primary amides is 1. The number of hydrogen-bond acceptors (Lipinski definition) is 3. The Bertz CT molecular complexity index is 981. The monoisotopic (exact) mass is 377 g/mol. The van der Waals surface area contributed by atoms with Crippen LogP contribution in [0.3, 0.4) is 0 Å². The van der Waals surface area contributed by atoms with Crippen molar-refractivity contribution in [3.63, 3.8) is 0 Å². The molecule has 4 rings (SSSR count). The maximum absolute atomic E-state index is 11.0. The highest BCUT2D eigenvalue weighted by Gasteiger charge is 2.26. The summed E-state index contributed by atoms with van der Waals surface area (Å²) in [6.07, 6.45) is 2.63. The average molecular weight is 378 g/mol. The van der Waals surface area contributed by atoms with Crippen molar-refractivity contribution in [3.05, 3.63) is 76.9 Å². The lowest BCUT2D eigenvalue weighted by Crippen LogP contribution is -2.13. The number of pyridine rings is 1. The summed E-state index contributed by atoms with van der Waals surface area (Å²) in [5.41, 5.74) is 11.1. The van der Waals surface area contributed by atoms with Gasteiger partial charge in [0.1, 0.15) is 0 Å². The van der Waals surface area contributed by atoms with E-state index in [1.807, 2.05) is 54.6 Å². The average Bonchev–Trinajstić information content (AvgIpc) is 3.48. The first-order chi connectivity index (χ1) is 13.1. The molecule has 1 aromatic heterocycles. The Morgan fingerprint density at radius 3 is 2.52 bits per heavy atom. The number of halogens is 1. The molecule has 0 radical (unpaired) electrons. The molecule has 1 amide bonds. The third kappa shape index (κ3) is 4.47. The van der Waals surface area contributed by atoms with Gasteiger partial charge in [0, 0.05) is 33.6 Å². The summed E-state index contributed by atoms with van der Waals surface area (Å²) < 4.78 is 0. The maximum atomic E-state index is 11.0. The molecule has 0 saturated heterocycles. The predicted octanol–water partition coefficient (Wildman–Crippen LogP) is 5.05. The van der Waals surface area contributed by atoms with E-state index in [-0.39, 0.29) is 12.3 Å². The van der Waals surface area contributed by atoms with Gasteiger partial charge in [-0.2, -0.15) is 0 Å². The molecule has 1 heterocycles. The van der Waals surface area contributed by atoms with E-state index in [0.29, 0.717) is 10.9 Å². The summed E-state index contributed by atoms with van der Waals surface area (Å²) in [4.78, 5) is 15.9. The highest BCUT2D eigenvalue weighted by molar-refractivity contribution is 6.30. The van der Waals surface area contributed by atoms with Gasteiger partial charge in [-0.05, 0) is 54.8 Å². The Morgan fingerprint density at radius 1 is 1.07 bits per heavy atom. The van der Waals surface area contributed by atoms with Crippen LogP contribution in [0.4, 0.5) is 11.4 Å². The van der Waals surface area contributed by atoms with Gasteiger partial charge in [-0.25, -0.2) is 0 Å². The Labute approximate surface area is 163 Å². The fraction of sp³-hybridized carbons (Fsp3) is 0.182. The number of rotatable bonds is 6. The van der Waals surface area contributed by atoms with E-state index in [2.05, 4.69) is 11.4 Å². The van der Waals surface area contributed by atoms with E-state index in [0.717, 1.165) is 33.9 Å². The molecule has 0 atom stereocenters. The lowest BCUT2D eigenvalue weighted by Gasteiger charge is -2.12. The number of nitrogens with two attached hydrogens (primary N) is 1. The minimum atomic E-state index is -0.329. The number of nitrogens with zero attached hydrogens (tertiary/aromatic N) is 1. The quantitative estimate of drug-likeness (QED) is 0.631. The Morgan fingerprint density at radius 2 is 1.85 bits per heavy atom. The van der Waals surface area contributed by atoms with E-state index in [1.54, 1.807) is 0 Å². The molecule has 0 unspecified atom stereocenters. The topological polar surface area (TPSA) is 68.0 Å². The van der Waals surface area contributed by atoms with Crippen LogP contribution >= 0.6 is 11.6 Å². The summed E-state index contributed by atoms with van der Waals surface area (Å²) in [5.74, 6) is 0.215. The number of hydrogen-bond donors (Lipinski definition) is 2. The number of anilines is 2. The molecule has 1 saturated carbocycles. The van der Waals surface area contributed by atoms with Crippen molar-refractivity contribution in [2.45, 2.75) is 25.2 Å². The van der Waals surface area contributed by atoms with Gasteiger partial charge in [0.05, 0.1) is 12.1 Å². The van der Waals surface area contributed by atoms with Crippen molar-refractivity contribution in [2.24, 2.45) is 5.73 Å². The van der Waals surface area contributed by atoms with Gasteiger partial charge in [-0.3, -0.25) is 9.78 Å². The van der Waals surface area contributed by atoms with Crippen molar-refractivity contribution < 1.29 is 4.79 Å². The zero-order valence-electron chi connectivity index (χ0n) is 14.8. The standard InChI is InChI=1S/C22H20ClN3O/c23-17-3-1-2-16(11-17)21-13-19(12-20(26-21)15-6-7-15)25-18-8-4-14(5-9-18)10-22(24)27/h1-5,8-9,11-13,15H,6-7,10H2,(H2,24,27)(H,25,26). The molecular weight excluding hydrogens is 358 g/mol. The van der Waals surface area contributed by atoms with Crippen molar-refractivity contribution >= 4 is 28.9 Å². The summed E-state index contributed by atoms with van der Waals surface area (Å²) >= 11 is 6.15. The first kappa shape index (κ1) is 17.6. The van der Waals surface area contributed by atoms with Gasteiger partial charge >= 0.3 is 0 Å². The van der Waals surface area contributed by atoms with Gasteiger partial charge in [0.2, 0.25) is 5.91 Å². The second kappa shape index (κ2) is 7.41. The Kier molecular flexibility index (Phi) is 4.82. The fourth-order valence-corrected chi connectivity index (χ4v) is 3.27.